The Bertz CT molecular complexity index is 611. The predicted molar refractivity (Wildman–Crippen MR) is 86.9 cm³/mol. The first-order valence-electron chi connectivity index (χ1n) is 6.88. The van der Waals surface area contributed by atoms with Crippen LogP contribution in [0.15, 0.2) is 41.0 Å². The first-order chi connectivity index (χ1) is 10.2. The van der Waals surface area contributed by atoms with Crippen LogP contribution in [0.4, 0.5) is 5.82 Å². The zero-order valence-electron chi connectivity index (χ0n) is 11.3. The Balaban J connectivity index is 1.71. The van der Waals surface area contributed by atoms with Crippen LogP contribution >= 0.6 is 27.5 Å². The molecule has 110 valence electrons. The van der Waals surface area contributed by atoms with E-state index >= 15 is 0 Å². The Morgan fingerprint density at radius 3 is 2.86 bits per heavy atom. The number of benzene rings is 1. The number of nitrogens with zero attached hydrogens (tertiary/aromatic N) is 2. The number of nitrogens with one attached hydrogen (secondary N) is 1. The molecule has 3 rings (SSSR count). The van der Waals surface area contributed by atoms with Crippen molar-refractivity contribution in [2.24, 2.45) is 0 Å². The lowest BCUT2D eigenvalue weighted by Crippen LogP contribution is -2.33. The Hall–Kier alpha value is -1.33. The van der Waals surface area contributed by atoms with Gasteiger partial charge in [0.25, 0.3) is 0 Å². The second kappa shape index (κ2) is 6.62. The monoisotopic (exact) mass is 367 g/mol. The van der Waals surface area contributed by atoms with Crippen LogP contribution in [-0.4, -0.2) is 22.1 Å². The zero-order chi connectivity index (χ0) is 14.7. The summed E-state index contributed by atoms with van der Waals surface area (Å²) in [5.41, 5.74) is 0. The second-order valence-corrected chi connectivity index (χ2v) is 6.18. The van der Waals surface area contributed by atoms with Gasteiger partial charge in [-0.15, -0.1) is 0 Å². The van der Waals surface area contributed by atoms with Crippen molar-refractivity contribution < 1.29 is 4.74 Å². The molecule has 0 radical (unpaired) electrons. The Kier molecular flexibility index (Phi) is 4.60. The topological polar surface area (TPSA) is 47.0 Å². The van der Waals surface area contributed by atoms with Crippen LogP contribution in [0.3, 0.4) is 0 Å². The lowest BCUT2D eigenvalue weighted by molar-refractivity contribution is 0.198. The SMILES string of the molecule is Clc1ncc(Br)c(N[C@H]2CCC[C@@H]2Oc2ccccc2)n1. The molecule has 1 aromatic heterocycles. The fourth-order valence-corrected chi connectivity index (χ4v) is 2.97. The third kappa shape index (κ3) is 3.66. The number of para-hydroxylation sites is 1. The van der Waals surface area contributed by atoms with Crippen LogP contribution in [-0.2, 0) is 0 Å². The molecule has 1 saturated carbocycles. The van der Waals surface area contributed by atoms with E-state index in [-0.39, 0.29) is 17.4 Å². The normalized spacial score (nSPS) is 21.2. The molecule has 1 fully saturated rings. The third-order valence-corrected chi connectivity index (χ3v) is 4.28. The summed E-state index contributed by atoms with van der Waals surface area (Å²) in [5.74, 6) is 1.61. The highest BCUT2D eigenvalue weighted by atomic mass is 79.9. The van der Waals surface area contributed by atoms with E-state index in [1.54, 1.807) is 6.20 Å². The van der Waals surface area contributed by atoms with E-state index in [1.807, 2.05) is 30.3 Å². The van der Waals surface area contributed by atoms with Crippen LogP contribution in [0.1, 0.15) is 19.3 Å². The van der Waals surface area contributed by atoms with Gasteiger partial charge in [0.1, 0.15) is 17.7 Å². The first-order valence-corrected chi connectivity index (χ1v) is 8.06. The van der Waals surface area contributed by atoms with E-state index in [4.69, 9.17) is 16.3 Å². The van der Waals surface area contributed by atoms with E-state index in [0.29, 0.717) is 5.82 Å². The summed E-state index contributed by atoms with van der Waals surface area (Å²) in [6, 6.07) is 10.1. The average molecular weight is 369 g/mol. The molecule has 2 aromatic rings. The van der Waals surface area contributed by atoms with Gasteiger partial charge in [-0.25, -0.2) is 4.98 Å². The molecule has 0 bridgehead atoms. The van der Waals surface area contributed by atoms with Crippen molar-refractivity contribution >= 4 is 33.3 Å². The predicted octanol–water partition coefficient (Wildman–Crippen LogP) is 4.30. The highest BCUT2D eigenvalue weighted by molar-refractivity contribution is 9.10. The summed E-state index contributed by atoms with van der Waals surface area (Å²) in [5, 5.41) is 3.65. The van der Waals surface area contributed by atoms with E-state index in [1.165, 1.54) is 0 Å². The van der Waals surface area contributed by atoms with Gasteiger partial charge in [-0.3, -0.25) is 0 Å². The van der Waals surface area contributed by atoms with Gasteiger partial charge < -0.3 is 10.1 Å². The molecule has 2 atom stereocenters. The van der Waals surface area contributed by atoms with Crippen LogP contribution in [0.5, 0.6) is 5.75 Å². The molecule has 4 nitrogen and oxygen atoms in total. The molecule has 6 heteroatoms. The lowest BCUT2D eigenvalue weighted by atomic mass is 10.2. The Morgan fingerprint density at radius 2 is 2.05 bits per heavy atom. The fourth-order valence-electron chi connectivity index (χ4n) is 2.53. The number of rotatable bonds is 4. The zero-order valence-corrected chi connectivity index (χ0v) is 13.6. The van der Waals surface area contributed by atoms with E-state index in [9.17, 15) is 0 Å². The first kappa shape index (κ1) is 14.6. The summed E-state index contributed by atoms with van der Waals surface area (Å²) in [7, 11) is 0. The minimum atomic E-state index is 0.132. The number of hydrogen-bond acceptors (Lipinski definition) is 4. The number of hydrogen-bond donors (Lipinski definition) is 1. The van der Waals surface area contributed by atoms with Crippen LogP contribution < -0.4 is 10.1 Å². The molecule has 1 aromatic carbocycles. The van der Waals surface area contributed by atoms with Crippen LogP contribution in [0, 0.1) is 0 Å². The molecule has 1 aliphatic carbocycles. The summed E-state index contributed by atoms with van der Waals surface area (Å²) in [6.07, 6.45) is 4.99. The van der Waals surface area contributed by atoms with Gasteiger partial charge in [0.15, 0.2) is 0 Å². The van der Waals surface area contributed by atoms with Gasteiger partial charge in [-0.1, -0.05) is 18.2 Å². The largest absolute Gasteiger partial charge is 0.488 e. The molecule has 0 amide bonds. The number of halogens is 2. The number of aromatic nitrogens is 2. The molecular formula is C15H15BrClN3O. The maximum absolute atomic E-state index is 6.08. The van der Waals surface area contributed by atoms with Crippen molar-refractivity contribution in [1.82, 2.24) is 9.97 Å². The lowest BCUT2D eigenvalue weighted by Gasteiger charge is -2.23. The minimum absolute atomic E-state index is 0.132. The molecule has 0 unspecified atom stereocenters. The van der Waals surface area contributed by atoms with Gasteiger partial charge in [-0.2, -0.15) is 4.98 Å². The quantitative estimate of drug-likeness (QED) is 0.817. The summed E-state index contributed by atoms with van der Waals surface area (Å²) >= 11 is 9.29. The smallest absolute Gasteiger partial charge is 0.224 e. The van der Waals surface area contributed by atoms with Crippen molar-refractivity contribution in [1.29, 1.82) is 0 Å². The summed E-state index contributed by atoms with van der Waals surface area (Å²) < 4.78 is 6.88. The minimum Gasteiger partial charge on any atom is -0.488 e. The Labute approximate surface area is 137 Å². The highest BCUT2D eigenvalue weighted by Gasteiger charge is 2.29. The van der Waals surface area contributed by atoms with Gasteiger partial charge in [0.2, 0.25) is 5.28 Å². The molecule has 0 aliphatic heterocycles. The molecule has 1 heterocycles. The number of anilines is 1. The second-order valence-electron chi connectivity index (χ2n) is 4.99. The molecule has 1 aliphatic rings. The van der Waals surface area contributed by atoms with E-state index in [0.717, 1.165) is 29.5 Å². The van der Waals surface area contributed by atoms with Crippen molar-refractivity contribution in [3.05, 3.63) is 46.3 Å². The van der Waals surface area contributed by atoms with Crippen molar-refractivity contribution in [2.45, 2.75) is 31.4 Å². The van der Waals surface area contributed by atoms with Crippen LogP contribution in [0.25, 0.3) is 0 Å². The van der Waals surface area contributed by atoms with Crippen LogP contribution in [0.2, 0.25) is 5.28 Å². The number of ether oxygens (including phenoxy) is 1. The van der Waals surface area contributed by atoms with E-state index in [2.05, 4.69) is 31.2 Å². The third-order valence-electron chi connectivity index (χ3n) is 3.52. The highest BCUT2D eigenvalue weighted by Crippen LogP contribution is 2.29. The van der Waals surface area contributed by atoms with Crippen molar-refractivity contribution in [3.8, 4) is 5.75 Å². The fraction of sp³-hybridized carbons (Fsp3) is 0.333. The standard InChI is InChI=1S/C15H15BrClN3O/c16-11-9-18-15(17)20-14(11)19-12-7-4-8-13(12)21-10-5-2-1-3-6-10/h1-3,5-6,9,12-13H,4,7-8H2,(H,18,19,20)/t12-,13-/m0/s1. The molecule has 1 N–H and O–H groups in total. The van der Waals surface area contributed by atoms with Crippen molar-refractivity contribution in [3.63, 3.8) is 0 Å². The summed E-state index contributed by atoms with van der Waals surface area (Å²) in [4.78, 5) is 8.16. The van der Waals surface area contributed by atoms with Gasteiger partial charge in [-0.05, 0) is 58.9 Å². The van der Waals surface area contributed by atoms with Gasteiger partial charge >= 0.3 is 0 Å². The van der Waals surface area contributed by atoms with E-state index < -0.39 is 0 Å². The molecule has 21 heavy (non-hydrogen) atoms. The molecule has 0 spiro atoms. The van der Waals surface area contributed by atoms with Gasteiger partial charge in [0, 0.05) is 6.20 Å². The maximum atomic E-state index is 6.08. The summed E-state index contributed by atoms with van der Waals surface area (Å²) in [6.45, 7) is 0. The molecule has 0 saturated heterocycles. The van der Waals surface area contributed by atoms with Crippen molar-refractivity contribution in [2.75, 3.05) is 5.32 Å². The average Bonchev–Trinajstić information content (AvgIpc) is 2.91. The molecular weight excluding hydrogens is 354 g/mol. The Morgan fingerprint density at radius 1 is 1.24 bits per heavy atom. The maximum Gasteiger partial charge on any atom is 0.224 e. The van der Waals surface area contributed by atoms with Gasteiger partial charge in [0.05, 0.1) is 10.5 Å².